The van der Waals surface area contributed by atoms with Gasteiger partial charge < -0.3 is 4.84 Å². The van der Waals surface area contributed by atoms with E-state index in [1.807, 2.05) is 30.3 Å². The molecule has 1 unspecified atom stereocenters. The van der Waals surface area contributed by atoms with Crippen molar-refractivity contribution in [2.75, 3.05) is 0 Å². The molecule has 0 fully saturated rings. The van der Waals surface area contributed by atoms with Gasteiger partial charge in [-0.2, -0.15) is 4.73 Å². The van der Waals surface area contributed by atoms with E-state index in [1.165, 1.54) is 4.73 Å². The minimum Gasteiger partial charge on any atom is -0.389 e. The van der Waals surface area contributed by atoms with Crippen LogP contribution in [0.3, 0.4) is 0 Å². The summed E-state index contributed by atoms with van der Waals surface area (Å²) in [5, 5.41) is 0. The van der Waals surface area contributed by atoms with Crippen LogP contribution in [0.1, 0.15) is 11.1 Å². The summed E-state index contributed by atoms with van der Waals surface area (Å²) in [5.74, 6) is 0. The van der Waals surface area contributed by atoms with Gasteiger partial charge in [0.1, 0.15) is 6.33 Å². The molecular weight excluding hydrogens is 200 g/mol. The highest BCUT2D eigenvalue weighted by Gasteiger charge is 2.07. The SMILES string of the molecule is ClC(On1ccnc1)c1ccccc1. The van der Waals surface area contributed by atoms with Crippen LogP contribution in [0.4, 0.5) is 0 Å². The summed E-state index contributed by atoms with van der Waals surface area (Å²) in [6.45, 7) is 0. The molecule has 0 aliphatic heterocycles. The first-order valence-electron chi connectivity index (χ1n) is 4.20. The number of rotatable bonds is 3. The molecule has 0 bridgehead atoms. The molecule has 0 aliphatic rings. The summed E-state index contributed by atoms with van der Waals surface area (Å²) in [4.78, 5) is 9.21. The zero-order valence-electron chi connectivity index (χ0n) is 7.38. The van der Waals surface area contributed by atoms with E-state index in [2.05, 4.69) is 4.98 Å². The van der Waals surface area contributed by atoms with Crippen LogP contribution in [0, 0.1) is 0 Å². The summed E-state index contributed by atoms with van der Waals surface area (Å²) < 4.78 is 1.48. The van der Waals surface area contributed by atoms with Gasteiger partial charge in [0.05, 0.1) is 6.20 Å². The summed E-state index contributed by atoms with van der Waals surface area (Å²) >= 11 is 6.03. The molecule has 4 heteroatoms. The second-order valence-electron chi connectivity index (χ2n) is 2.75. The van der Waals surface area contributed by atoms with Crippen LogP contribution in [-0.2, 0) is 0 Å². The highest BCUT2D eigenvalue weighted by atomic mass is 35.5. The lowest BCUT2D eigenvalue weighted by Gasteiger charge is -2.11. The molecule has 0 N–H and O–H groups in total. The molecule has 0 saturated heterocycles. The van der Waals surface area contributed by atoms with Crippen LogP contribution in [0.15, 0.2) is 49.1 Å². The Hall–Kier alpha value is -1.48. The van der Waals surface area contributed by atoms with Gasteiger partial charge in [-0.25, -0.2) is 4.98 Å². The molecule has 1 atom stereocenters. The Bertz CT molecular complexity index is 374. The summed E-state index contributed by atoms with van der Waals surface area (Å²) in [6, 6.07) is 9.59. The van der Waals surface area contributed by atoms with Crippen molar-refractivity contribution >= 4 is 11.6 Å². The van der Waals surface area contributed by atoms with Gasteiger partial charge in [0.15, 0.2) is 0 Å². The highest BCUT2D eigenvalue weighted by Crippen LogP contribution is 2.18. The van der Waals surface area contributed by atoms with Crippen molar-refractivity contribution < 1.29 is 4.84 Å². The van der Waals surface area contributed by atoms with E-state index in [4.69, 9.17) is 16.4 Å². The zero-order chi connectivity index (χ0) is 9.80. The molecule has 1 aromatic carbocycles. The van der Waals surface area contributed by atoms with Crippen LogP contribution < -0.4 is 4.84 Å². The second kappa shape index (κ2) is 4.15. The van der Waals surface area contributed by atoms with Crippen molar-refractivity contribution in [2.45, 2.75) is 5.56 Å². The molecule has 2 rings (SSSR count). The summed E-state index contributed by atoms with van der Waals surface area (Å²) in [6.07, 6.45) is 4.88. The molecule has 14 heavy (non-hydrogen) atoms. The average molecular weight is 209 g/mol. The van der Waals surface area contributed by atoms with Gasteiger partial charge in [0, 0.05) is 11.8 Å². The first kappa shape index (κ1) is 9.09. The number of hydrogen-bond acceptors (Lipinski definition) is 2. The van der Waals surface area contributed by atoms with E-state index in [0.29, 0.717) is 0 Å². The Morgan fingerprint density at radius 1 is 1.29 bits per heavy atom. The predicted molar refractivity (Wildman–Crippen MR) is 53.8 cm³/mol. The Labute approximate surface area is 86.9 Å². The minimum atomic E-state index is -0.495. The van der Waals surface area contributed by atoms with Crippen molar-refractivity contribution in [1.29, 1.82) is 0 Å². The van der Waals surface area contributed by atoms with Crippen LogP contribution >= 0.6 is 11.6 Å². The van der Waals surface area contributed by atoms with Crippen LogP contribution in [0.25, 0.3) is 0 Å². The van der Waals surface area contributed by atoms with E-state index in [9.17, 15) is 0 Å². The van der Waals surface area contributed by atoms with Gasteiger partial charge in [0.2, 0.25) is 5.56 Å². The van der Waals surface area contributed by atoms with Crippen molar-refractivity contribution in [3.05, 3.63) is 54.6 Å². The van der Waals surface area contributed by atoms with Gasteiger partial charge in [-0.3, -0.25) is 0 Å². The van der Waals surface area contributed by atoms with E-state index >= 15 is 0 Å². The molecular formula is C10H9ClN2O. The largest absolute Gasteiger partial charge is 0.389 e. The third kappa shape index (κ3) is 2.06. The number of nitrogens with zero attached hydrogens (tertiary/aromatic N) is 2. The second-order valence-corrected chi connectivity index (χ2v) is 3.15. The molecule has 1 heterocycles. The number of imidazole rings is 1. The smallest absolute Gasteiger partial charge is 0.223 e. The van der Waals surface area contributed by atoms with Crippen molar-refractivity contribution in [1.82, 2.24) is 9.71 Å². The van der Waals surface area contributed by atoms with Crippen molar-refractivity contribution in [2.24, 2.45) is 0 Å². The number of halogens is 1. The Morgan fingerprint density at radius 3 is 2.71 bits per heavy atom. The zero-order valence-corrected chi connectivity index (χ0v) is 8.13. The molecule has 3 nitrogen and oxygen atoms in total. The monoisotopic (exact) mass is 208 g/mol. The van der Waals surface area contributed by atoms with Gasteiger partial charge in [0.25, 0.3) is 0 Å². The minimum absolute atomic E-state index is 0.495. The quantitative estimate of drug-likeness (QED) is 0.724. The number of alkyl halides is 1. The standard InChI is InChI=1S/C10H9ClN2O/c11-10(9-4-2-1-3-5-9)14-13-7-6-12-8-13/h1-8,10H. The van der Waals surface area contributed by atoms with Crippen LogP contribution in [0.2, 0.25) is 0 Å². The lowest BCUT2D eigenvalue weighted by Crippen LogP contribution is -2.11. The fourth-order valence-electron chi connectivity index (χ4n) is 1.08. The Balaban J connectivity index is 2.07. The van der Waals surface area contributed by atoms with E-state index in [0.717, 1.165) is 5.56 Å². The van der Waals surface area contributed by atoms with E-state index < -0.39 is 5.56 Å². The third-order valence-electron chi connectivity index (χ3n) is 1.76. The van der Waals surface area contributed by atoms with Gasteiger partial charge in [-0.05, 0) is 0 Å². The van der Waals surface area contributed by atoms with Crippen molar-refractivity contribution in [3.8, 4) is 0 Å². The molecule has 0 spiro atoms. The lowest BCUT2D eigenvalue weighted by atomic mass is 10.2. The average Bonchev–Trinajstić information content (AvgIpc) is 2.72. The predicted octanol–water partition coefficient (Wildman–Crippen LogP) is 2.25. The topological polar surface area (TPSA) is 27.1 Å². The van der Waals surface area contributed by atoms with Gasteiger partial charge >= 0.3 is 0 Å². The normalized spacial score (nSPS) is 12.4. The molecule has 0 aliphatic carbocycles. The molecule has 0 radical (unpaired) electrons. The molecule has 2 aromatic rings. The summed E-state index contributed by atoms with van der Waals surface area (Å²) in [7, 11) is 0. The Kier molecular flexibility index (Phi) is 2.70. The number of aromatic nitrogens is 2. The molecule has 1 aromatic heterocycles. The maximum atomic E-state index is 6.03. The fourth-order valence-corrected chi connectivity index (χ4v) is 1.32. The van der Waals surface area contributed by atoms with Crippen LogP contribution in [-0.4, -0.2) is 9.71 Å². The van der Waals surface area contributed by atoms with Crippen LogP contribution in [0.5, 0.6) is 0 Å². The van der Waals surface area contributed by atoms with Gasteiger partial charge in [-0.1, -0.05) is 41.9 Å². The summed E-state index contributed by atoms with van der Waals surface area (Å²) in [5.41, 5.74) is 0.424. The Morgan fingerprint density at radius 2 is 2.07 bits per heavy atom. The van der Waals surface area contributed by atoms with E-state index in [1.54, 1.807) is 18.7 Å². The first-order valence-corrected chi connectivity index (χ1v) is 4.64. The molecule has 72 valence electrons. The lowest BCUT2D eigenvalue weighted by molar-refractivity contribution is 0.0855. The maximum absolute atomic E-state index is 6.03. The van der Waals surface area contributed by atoms with E-state index in [-0.39, 0.29) is 0 Å². The van der Waals surface area contributed by atoms with Gasteiger partial charge in [-0.15, -0.1) is 0 Å². The number of hydrogen-bond donors (Lipinski definition) is 0. The molecule has 0 amide bonds. The maximum Gasteiger partial charge on any atom is 0.223 e. The number of benzene rings is 1. The fraction of sp³-hybridized carbons (Fsp3) is 0.100. The third-order valence-corrected chi connectivity index (χ3v) is 2.09. The highest BCUT2D eigenvalue weighted by molar-refractivity contribution is 6.19. The molecule has 0 saturated carbocycles. The first-order chi connectivity index (χ1) is 6.86. The van der Waals surface area contributed by atoms with Crippen molar-refractivity contribution in [3.63, 3.8) is 0 Å².